The van der Waals surface area contributed by atoms with Crippen molar-refractivity contribution >= 4 is 6.09 Å². The summed E-state index contributed by atoms with van der Waals surface area (Å²) in [6.45, 7) is 5.76. The van der Waals surface area contributed by atoms with E-state index < -0.39 is 17.9 Å². The minimum Gasteiger partial charge on any atom is -0.444 e. The molecule has 0 unspecified atom stereocenters. The topological polar surface area (TPSA) is 38.3 Å². The number of rotatable bonds is 2. The fourth-order valence-electron chi connectivity index (χ4n) is 0.950. The van der Waals surface area contributed by atoms with Crippen molar-refractivity contribution in [3.63, 3.8) is 0 Å². The molecule has 3 nitrogen and oxygen atoms in total. The molecule has 0 saturated heterocycles. The lowest BCUT2D eigenvalue weighted by Gasteiger charge is -2.19. The van der Waals surface area contributed by atoms with Gasteiger partial charge in [-0.25, -0.2) is 9.18 Å². The van der Waals surface area contributed by atoms with Gasteiger partial charge in [0, 0.05) is 12.5 Å². The van der Waals surface area contributed by atoms with Gasteiger partial charge in [-0.1, -0.05) is 0 Å². The number of ether oxygens (including phenoxy) is 1. The van der Waals surface area contributed by atoms with Crippen molar-refractivity contribution < 1.29 is 13.9 Å². The van der Waals surface area contributed by atoms with Crippen LogP contribution in [-0.4, -0.2) is 24.4 Å². The Balaban J connectivity index is 2.11. The van der Waals surface area contributed by atoms with E-state index in [0.717, 1.165) is 0 Å². The van der Waals surface area contributed by atoms with Crippen molar-refractivity contribution in [2.45, 2.75) is 39.0 Å². The summed E-state index contributed by atoms with van der Waals surface area (Å²) in [6, 6.07) is 0. The Hall–Kier alpha value is -0.800. The number of alkyl carbamates (subject to hydrolysis) is 1. The standard InChI is InChI=1S/C9H16FNO2/c1-9(2,3)13-8(12)11-5-6-4-7(6)10/h6-7H,4-5H2,1-3H3,(H,11,12)/t6-,7-/m1/s1. The number of alkyl halides is 1. The molecule has 13 heavy (non-hydrogen) atoms. The van der Waals surface area contributed by atoms with Gasteiger partial charge in [0.25, 0.3) is 0 Å². The lowest BCUT2D eigenvalue weighted by atomic mass is 10.2. The predicted molar refractivity (Wildman–Crippen MR) is 47.2 cm³/mol. The van der Waals surface area contributed by atoms with Gasteiger partial charge in [0.05, 0.1) is 0 Å². The zero-order valence-corrected chi connectivity index (χ0v) is 8.26. The highest BCUT2D eigenvalue weighted by Crippen LogP contribution is 2.32. The molecule has 4 heteroatoms. The number of nitrogens with one attached hydrogen (secondary N) is 1. The molecule has 0 aliphatic heterocycles. The van der Waals surface area contributed by atoms with Gasteiger partial charge in [-0.15, -0.1) is 0 Å². The fourth-order valence-corrected chi connectivity index (χ4v) is 0.950. The highest BCUT2D eigenvalue weighted by molar-refractivity contribution is 5.67. The second kappa shape index (κ2) is 3.52. The molecule has 0 radical (unpaired) electrons. The Kier molecular flexibility index (Phi) is 2.78. The van der Waals surface area contributed by atoms with E-state index in [4.69, 9.17) is 4.74 Å². The van der Waals surface area contributed by atoms with E-state index in [9.17, 15) is 9.18 Å². The summed E-state index contributed by atoms with van der Waals surface area (Å²) in [5.41, 5.74) is -0.483. The number of amides is 1. The summed E-state index contributed by atoms with van der Waals surface area (Å²) in [7, 11) is 0. The van der Waals surface area contributed by atoms with Gasteiger partial charge in [-0.05, 0) is 27.2 Å². The van der Waals surface area contributed by atoms with Crippen LogP contribution in [-0.2, 0) is 4.74 Å². The van der Waals surface area contributed by atoms with Crippen LogP contribution >= 0.6 is 0 Å². The maximum absolute atomic E-state index is 12.4. The minimum atomic E-state index is -0.727. The maximum atomic E-state index is 12.4. The van der Waals surface area contributed by atoms with Crippen molar-refractivity contribution in [3.05, 3.63) is 0 Å². The summed E-state index contributed by atoms with van der Waals surface area (Å²) in [5.74, 6) is 0.00696. The van der Waals surface area contributed by atoms with Crippen LogP contribution in [0.1, 0.15) is 27.2 Å². The van der Waals surface area contributed by atoms with Crippen LogP contribution in [0.5, 0.6) is 0 Å². The highest BCUT2D eigenvalue weighted by atomic mass is 19.1. The number of hydrogen-bond donors (Lipinski definition) is 1. The SMILES string of the molecule is CC(C)(C)OC(=O)NC[C@H]1C[C@H]1F. The van der Waals surface area contributed by atoms with Gasteiger partial charge in [0.2, 0.25) is 0 Å². The van der Waals surface area contributed by atoms with E-state index >= 15 is 0 Å². The van der Waals surface area contributed by atoms with Crippen LogP contribution in [0, 0.1) is 5.92 Å². The zero-order chi connectivity index (χ0) is 10.1. The molecule has 1 N–H and O–H groups in total. The maximum Gasteiger partial charge on any atom is 0.407 e. The van der Waals surface area contributed by atoms with Crippen LogP contribution in [0.25, 0.3) is 0 Å². The molecule has 1 rings (SSSR count). The van der Waals surface area contributed by atoms with Crippen molar-refractivity contribution in [2.75, 3.05) is 6.54 Å². The molecule has 1 aliphatic rings. The number of halogens is 1. The molecule has 2 atom stereocenters. The largest absolute Gasteiger partial charge is 0.444 e. The first kappa shape index (κ1) is 10.3. The number of carbonyl (C=O) groups excluding carboxylic acids is 1. The van der Waals surface area contributed by atoms with Gasteiger partial charge in [0.1, 0.15) is 11.8 Å². The molecule has 0 heterocycles. The highest BCUT2D eigenvalue weighted by Gasteiger charge is 2.37. The Morgan fingerprint density at radius 2 is 2.15 bits per heavy atom. The molecular formula is C9H16FNO2. The Labute approximate surface area is 77.6 Å². The second-order valence-corrected chi connectivity index (χ2v) is 4.39. The van der Waals surface area contributed by atoms with Crippen molar-refractivity contribution in [2.24, 2.45) is 5.92 Å². The summed E-state index contributed by atoms with van der Waals surface area (Å²) in [5, 5.41) is 2.53. The Bertz CT molecular complexity index is 200. The van der Waals surface area contributed by atoms with Gasteiger partial charge in [-0.2, -0.15) is 0 Å². The van der Waals surface area contributed by atoms with Gasteiger partial charge >= 0.3 is 6.09 Å². The molecule has 1 aliphatic carbocycles. The van der Waals surface area contributed by atoms with Crippen molar-refractivity contribution in [3.8, 4) is 0 Å². The van der Waals surface area contributed by atoms with E-state index in [1.165, 1.54) is 0 Å². The molecule has 76 valence electrons. The summed E-state index contributed by atoms with van der Waals surface area (Å²) < 4.78 is 17.4. The molecule has 1 fully saturated rings. The fraction of sp³-hybridized carbons (Fsp3) is 0.889. The third-order valence-electron chi connectivity index (χ3n) is 1.74. The summed E-state index contributed by atoms with van der Waals surface area (Å²) in [6.07, 6.45) is -0.628. The first-order valence-electron chi connectivity index (χ1n) is 4.49. The third-order valence-corrected chi connectivity index (χ3v) is 1.74. The molecule has 1 saturated carbocycles. The lowest BCUT2D eigenvalue weighted by molar-refractivity contribution is 0.0524. The molecule has 0 aromatic carbocycles. The quantitative estimate of drug-likeness (QED) is 0.720. The molecule has 0 spiro atoms. The number of hydrogen-bond acceptors (Lipinski definition) is 2. The first-order chi connectivity index (χ1) is 5.88. The van der Waals surface area contributed by atoms with Crippen LogP contribution in [0.4, 0.5) is 9.18 Å². The minimum absolute atomic E-state index is 0.00696. The predicted octanol–water partition coefficient (Wildman–Crippen LogP) is 1.87. The molecule has 0 bridgehead atoms. The Morgan fingerprint density at radius 3 is 2.54 bits per heavy atom. The van der Waals surface area contributed by atoms with Gasteiger partial charge in [-0.3, -0.25) is 0 Å². The van der Waals surface area contributed by atoms with E-state index in [1.807, 2.05) is 0 Å². The molecular weight excluding hydrogens is 173 g/mol. The lowest BCUT2D eigenvalue weighted by Crippen LogP contribution is -2.33. The van der Waals surface area contributed by atoms with E-state index in [1.54, 1.807) is 20.8 Å². The Morgan fingerprint density at radius 1 is 1.62 bits per heavy atom. The van der Waals surface area contributed by atoms with Crippen LogP contribution in [0.2, 0.25) is 0 Å². The van der Waals surface area contributed by atoms with E-state index in [0.29, 0.717) is 13.0 Å². The summed E-state index contributed by atoms with van der Waals surface area (Å²) in [4.78, 5) is 11.0. The van der Waals surface area contributed by atoms with Crippen LogP contribution in [0.15, 0.2) is 0 Å². The summed E-state index contributed by atoms with van der Waals surface area (Å²) >= 11 is 0. The molecule has 0 aromatic heterocycles. The van der Waals surface area contributed by atoms with Crippen molar-refractivity contribution in [1.29, 1.82) is 0 Å². The van der Waals surface area contributed by atoms with Crippen molar-refractivity contribution in [1.82, 2.24) is 5.32 Å². The van der Waals surface area contributed by atoms with Gasteiger partial charge < -0.3 is 10.1 Å². The molecule has 0 aromatic rings. The normalized spacial score (nSPS) is 26.8. The average Bonchev–Trinajstić information content (AvgIpc) is 2.58. The second-order valence-electron chi connectivity index (χ2n) is 4.39. The zero-order valence-electron chi connectivity index (χ0n) is 8.26. The van der Waals surface area contributed by atoms with Crippen LogP contribution < -0.4 is 5.32 Å². The number of carbonyl (C=O) groups is 1. The third kappa shape index (κ3) is 4.10. The monoisotopic (exact) mass is 189 g/mol. The first-order valence-corrected chi connectivity index (χ1v) is 4.49. The van der Waals surface area contributed by atoms with E-state index in [2.05, 4.69) is 5.32 Å². The molecule has 1 amide bonds. The van der Waals surface area contributed by atoms with Gasteiger partial charge in [0.15, 0.2) is 0 Å². The van der Waals surface area contributed by atoms with E-state index in [-0.39, 0.29) is 5.92 Å². The smallest absolute Gasteiger partial charge is 0.407 e. The average molecular weight is 189 g/mol. The van der Waals surface area contributed by atoms with Crippen LogP contribution in [0.3, 0.4) is 0 Å².